The summed E-state index contributed by atoms with van der Waals surface area (Å²) in [5, 5.41) is 10.6. The lowest BCUT2D eigenvalue weighted by Crippen LogP contribution is -2.25. The van der Waals surface area contributed by atoms with Crippen molar-refractivity contribution < 1.29 is 9.18 Å². The van der Waals surface area contributed by atoms with E-state index in [1.165, 1.54) is 0 Å². The molecule has 1 aromatic heterocycles. The van der Waals surface area contributed by atoms with Gasteiger partial charge in [0, 0.05) is 25.2 Å². The minimum absolute atomic E-state index is 0.168. The summed E-state index contributed by atoms with van der Waals surface area (Å²) in [6.07, 6.45) is 1.57. The van der Waals surface area contributed by atoms with Crippen LogP contribution in [0.3, 0.4) is 0 Å². The molecular weight excluding hydrogens is 343 g/mol. The van der Waals surface area contributed by atoms with Crippen LogP contribution in [0.1, 0.15) is 48.3 Å². The second kappa shape index (κ2) is 8.21. The van der Waals surface area contributed by atoms with Crippen LogP contribution in [0.5, 0.6) is 0 Å². The van der Waals surface area contributed by atoms with Gasteiger partial charge in [-0.1, -0.05) is 19.9 Å². The van der Waals surface area contributed by atoms with Crippen molar-refractivity contribution in [1.82, 2.24) is 15.1 Å². The number of aromatic nitrogens is 2. The van der Waals surface area contributed by atoms with Crippen molar-refractivity contribution in [2.45, 2.75) is 60.0 Å². The second-order valence-corrected chi connectivity index (χ2v) is 7.77. The number of aryl methyl sites for hydroxylation is 1. The van der Waals surface area contributed by atoms with E-state index in [-0.39, 0.29) is 17.4 Å². The highest BCUT2D eigenvalue weighted by Gasteiger charge is 2.18. The number of rotatable bonds is 6. The van der Waals surface area contributed by atoms with Gasteiger partial charge in [-0.3, -0.25) is 9.48 Å². The zero-order chi connectivity index (χ0) is 19.6. The Labute approximate surface area is 160 Å². The molecule has 0 bridgehead atoms. The Morgan fingerprint density at radius 2 is 2.15 bits per heavy atom. The predicted octanol–water partition coefficient (Wildman–Crippen LogP) is 3.51. The number of nitrogens with zero attached hydrogens (tertiary/aromatic N) is 2. The van der Waals surface area contributed by atoms with Crippen LogP contribution < -0.4 is 10.6 Å². The molecule has 0 aliphatic carbocycles. The molecule has 1 aliphatic heterocycles. The summed E-state index contributed by atoms with van der Waals surface area (Å²) >= 11 is 0. The number of benzene rings is 1. The number of carbonyl (C=O) groups excluding carboxylic acids is 1. The summed E-state index contributed by atoms with van der Waals surface area (Å²) in [5.74, 6) is 0.0546. The third-order valence-corrected chi connectivity index (χ3v) is 5.15. The first kappa shape index (κ1) is 19.5. The first-order valence-electron chi connectivity index (χ1n) is 9.70. The first-order chi connectivity index (χ1) is 12.9. The highest BCUT2D eigenvalue weighted by atomic mass is 19.1. The highest BCUT2D eigenvalue weighted by molar-refractivity contribution is 5.91. The quantitative estimate of drug-likeness (QED) is 0.816. The fraction of sp³-hybridized carbons (Fsp3) is 0.524. The van der Waals surface area contributed by atoms with Gasteiger partial charge >= 0.3 is 0 Å². The summed E-state index contributed by atoms with van der Waals surface area (Å²) in [5.41, 5.74) is 5.16. The average Bonchev–Trinajstić information content (AvgIpc) is 2.88. The van der Waals surface area contributed by atoms with E-state index in [1.807, 2.05) is 24.6 Å². The lowest BCUT2D eigenvalue weighted by atomic mass is 9.99. The number of nitrogens with one attached hydrogen (secondary N) is 2. The molecule has 3 rings (SSSR count). The van der Waals surface area contributed by atoms with Gasteiger partial charge in [0.25, 0.3) is 0 Å². The standard InChI is InChI=1S/C21H29FN4O/c1-13(2)12-26-15(4)17(14(3)25-26)6-8-20(27)24-19-7-5-16-11-23-10-9-18(16)21(19)22/h5,7,13,23H,6,8-12H2,1-4H3,(H,24,27). The molecule has 27 heavy (non-hydrogen) atoms. The van der Waals surface area contributed by atoms with E-state index in [0.717, 1.165) is 35.6 Å². The Balaban J connectivity index is 1.65. The number of fused-ring (bicyclic) bond motifs is 1. The van der Waals surface area contributed by atoms with Gasteiger partial charge in [0.15, 0.2) is 0 Å². The molecule has 0 fully saturated rings. The average molecular weight is 372 g/mol. The fourth-order valence-corrected chi connectivity index (χ4v) is 3.70. The highest BCUT2D eigenvalue weighted by Crippen LogP contribution is 2.25. The van der Waals surface area contributed by atoms with Crippen LogP contribution in [-0.4, -0.2) is 22.2 Å². The van der Waals surface area contributed by atoms with Crippen LogP contribution in [0.2, 0.25) is 0 Å². The maximum Gasteiger partial charge on any atom is 0.224 e. The van der Waals surface area contributed by atoms with Crippen LogP contribution >= 0.6 is 0 Å². The fourth-order valence-electron chi connectivity index (χ4n) is 3.70. The third kappa shape index (κ3) is 4.38. The molecule has 2 heterocycles. The monoisotopic (exact) mass is 372 g/mol. The van der Waals surface area contributed by atoms with Crippen LogP contribution in [-0.2, 0) is 30.7 Å². The zero-order valence-electron chi connectivity index (χ0n) is 16.7. The minimum Gasteiger partial charge on any atom is -0.324 e. The Morgan fingerprint density at radius 3 is 2.89 bits per heavy atom. The molecule has 0 saturated heterocycles. The molecule has 6 heteroatoms. The summed E-state index contributed by atoms with van der Waals surface area (Å²) in [4.78, 5) is 12.4. The van der Waals surface area contributed by atoms with Crippen molar-refractivity contribution in [2.75, 3.05) is 11.9 Å². The van der Waals surface area contributed by atoms with Crippen molar-refractivity contribution in [2.24, 2.45) is 5.92 Å². The maximum atomic E-state index is 14.7. The molecule has 0 radical (unpaired) electrons. The Bertz CT molecular complexity index is 841. The molecular formula is C21H29FN4O. The SMILES string of the molecule is Cc1nn(CC(C)C)c(C)c1CCC(=O)Nc1ccc2c(c1F)CCNC2. The molecule has 0 saturated carbocycles. The van der Waals surface area contributed by atoms with E-state index in [0.29, 0.717) is 37.3 Å². The molecule has 5 nitrogen and oxygen atoms in total. The van der Waals surface area contributed by atoms with E-state index in [9.17, 15) is 9.18 Å². The molecule has 146 valence electrons. The lowest BCUT2D eigenvalue weighted by molar-refractivity contribution is -0.116. The second-order valence-electron chi connectivity index (χ2n) is 7.77. The molecule has 2 N–H and O–H groups in total. The molecule has 0 atom stereocenters. The van der Waals surface area contributed by atoms with Crippen LogP contribution in [0.25, 0.3) is 0 Å². The van der Waals surface area contributed by atoms with Crippen molar-refractivity contribution in [1.29, 1.82) is 0 Å². The van der Waals surface area contributed by atoms with Crippen molar-refractivity contribution in [3.05, 3.63) is 46.0 Å². The number of carbonyl (C=O) groups is 1. The largest absolute Gasteiger partial charge is 0.324 e. The van der Waals surface area contributed by atoms with Gasteiger partial charge in [-0.05, 0) is 61.9 Å². The Morgan fingerprint density at radius 1 is 1.37 bits per heavy atom. The van der Waals surface area contributed by atoms with Gasteiger partial charge in [-0.2, -0.15) is 5.10 Å². The molecule has 1 aliphatic rings. The number of hydrogen-bond acceptors (Lipinski definition) is 3. The molecule has 1 amide bonds. The predicted molar refractivity (Wildman–Crippen MR) is 105 cm³/mol. The van der Waals surface area contributed by atoms with Gasteiger partial charge < -0.3 is 10.6 Å². The van der Waals surface area contributed by atoms with E-state index in [1.54, 1.807) is 6.07 Å². The topological polar surface area (TPSA) is 59.0 Å². The summed E-state index contributed by atoms with van der Waals surface area (Å²) in [7, 11) is 0. The smallest absolute Gasteiger partial charge is 0.224 e. The lowest BCUT2D eigenvalue weighted by Gasteiger charge is -2.19. The maximum absolute atomic E-state index is 14.7. The number of halogens is 1. The van der Waals surface area contributed by atoms with Crippen LogP contribution in [0.15, 0.2) is 12.1 Å². The van der Waals surface area contributed by atoms with Crippen molar-refractivity contribution in [3.63, 3.8) is 0 Å². The zero-order valence-corrected chi connectivity index (χ0v) is 16.7. The van der Waals surface area contributed by atoms with E-state index in [4.69, 9.17) is 0 Å². The summed E-state index contributed by atoms with van der Waals surface area (Å²) in [6, 6.07) is 3.56. The van der Waals surface area contributed by atoms with E-state index < -0.39 is 0 Å². The molecule has 1 aromatic carbocycles. The Hall–Kier alpha value is -2.21. The molecule has 0 unspecified atom stereocenters. The molecule has 0 spiro atoms. The third-order valence-electron chi connectivity index (χ3n) is 5.15. The van der Waals surface area contributed by atoms with Gasteiger partial charge in [0.1, 0.15) is 5.82 Å². The number of amides is 1. The van der Waals surface area contributed by atoms with Gasteiger partial charge in [0.2, 0.25) is 5.91 Å². The van der Waals surface area contributed by atoms with E-state index >= 15 is 0 Å². The minimum atomic E-state index is -0.292. The summed E-state index contributed by atoms with van der Waals surface area (Å²) in [6.45, 7) is 10.7. The number of hydrogen-bond donors (Lipinski definition) is 2. The van der Waals surface area contributed by atoms with Crippen LogP contribution in [0, 0.1) is 25.6 Å². The van der Waals surface area contributed by atoms with Crippen LogP contribution in [0.4, 0.5) is 10.1 Å². The summed E-state index contributed by atoms with van der Waals surface area (Å²) < 4.78 is 16.7. The van der Waals surface area contributed by atoms with Gasteiger partial charge in [-0.15, -0.1) is 0 Å². The first-order valence-corrected chi connectivity index (χ1v) is 9.70. The Kier molecular flexibility index (Phi) is 5.95. The number of anilines is 1. The van der Waals surface area contributed by atoms with E-state index in [2.05, 4.69) is 29.6 Å². The van der Waals surface area contributed by atoms with Gasteiger partial charge in [-0.25, -0.2) is 4.39 Å². The van der Waals surface area contributed by atoms with Crippen molar-refractivity contribution >= 4 is 11.6 Å². The van der Waals surface area contributed by atoms with Gasteiger partial charge in [0.05, 0.1) is 11.4 Å². The normalized spacial score (nSPS) is 13.7. The molecule has 2 aromatic rings. The van der Waals surface area contributed by atoms with Crippen molar-refractivity contribution in [3.8, 4) is 0 Å².